The van der Waals surface area contributed by atoms with E-state index in [4.69, 9.17) is 9.84 Å². The Morgan fingerprint density at radius 1 is 1.48 bits per heavy atom. The number of nitro groups is 1. The number of rotatable bonds is 6. The fraction of sp³-hybridized carbons (Fsp3) is 0.231. The number of non-ortho nitro benzene ring substituents is 1. The van der Waals surface area contributed by atoms with Crippen molar-refractivity contribution in [2.75, 3.05) is 6.61 Å². The van der Waals surface area contributed by atoms with Crippen LogP contribution in [0.1, 0.15) is 16.1 Å². The van der Waals surface area contributed by atoms with Gasteiger partial charge in [0.05, 0.1) is 11.5 Å². The number of nitro benzene ring substituents is 1. The van der Waals surface area contributed by atoms with E-state index in [2.05, 4.69) is 5.10 Å². The maximum absolute atomic E-state index is 11.1. The van der Waals surface area contributed by atoms with Crippen LogP contribution in [0.15, 0.2) is 30.5 Å². The van der Waals surface area contributed by atoms with Crippen LogP contribution in [0.4, 0.5) is 5.69 Å². The lowest BCUT2D eigenvalue weighted by Gasteiger charge is -2.09. The molecule has 2 rings (SSSR count). The van der Waals surface area contributed by atoms with Gasteiger partial charge in [-0.25, -0.2) is 4.79 Å². The predicted octanol–water partition coefficient (Wildman–Crippen LogP) is 1.65. The molecule has 1 heterocycles. The van der Waals surface area contributed by atoms with Gasteiger partial charge in [-0.05, 0) is 12.1 Å². The van der Waals surface area contributed by atoms with E-state index in [-0.39, 0.29) is 23.6 Å². The Labute approximate surface area is 119 Å². The number of benzene rings is 1. The molecule has 0 bridgehead atoms. The Balaban J connectivity index is 2.10. The van der Waals surface area contributed by atoms with E-state index in [0.29, 0.717) is 6.42 Å². The summed E-state index contributed by atoms with van der Waals surface area (Å²) in [6.07, 6.45) is 2.20. The largest absolute Gasteiger partial charge is 0.492 e. The van der Waals surface area contributed by atoms with Crippen molar-refractivity contribution in [3.05, 3.63) is 51.8 Å². The predicted molar refractivity (Wildman–Crippen MR) is 72.5 cm³/mol. The second-order valence-corrected chi connectivity index (χ2v) is 4.29. The average molecular weight is 291 g/mol. The normalized spacial score (nSPS) is 10.3. The van der Waals surface area contributed by atoms with Crippen LogP contribution in [-0.4, -0.2) is 32.4 Å². The molecule has 8 heteroatoms. The third-order valence-corrected chi connectivity index (χ3v) is 2.94. The molecule has 0 unspecified atom stereocenters. The van der Waals surface area contributed by atoms with Crippen LogP contribution < -0.4 is 4.74 Å². The van der Waals surface area contributed by atoms with Crippen LogP contribution >= 0.6 is 0 Å². The third kappa shape index (κ3) is 3.35. The molecule has 0 aliphatic heterocycles. The molecule has 21 heavy (non-hydrogen) atoms. The summed E-state index contributed by atoms with van der Waals surface area (Å²) in [7, 11) is 1.80. The molecule has 0 saturated heterocycles. The van der Waals surface area contributed by atoms with E-state index < -0.39 is 10.9 Å². The summed E-state index contributed by atoms with van der Waals surface area (Å²) in [5.74, 6) is -1.16. The number of aryl methyl sites for hydroxylation is 1. The molecule has 2 aromatic rings. The fourth-order valence-corrected chi connectivity index (χ4v) is 1.84. The molecule has 1 aromatic carbocycles. The lowest BCUT2D eigenvalue weighted by molar-refractivity contribution is -0.384. The van der Waals surface area contributed by atoms with Gasteiger partial charge in [-0.1, -0.05) is 0 Å². The van der Waals surface area contributed by atoms with Crippen molar-refractivity contribution in [1.82, 2.24) is 9.78 Å². The maximum Gasteiger partial charge on any atom is 0.339 e. The van der Waals surface area contributed by atoms with E-state index in [1.807, 2.05) is 6.07 Å². The fourth-order valence-electron chi connectivity index (χ4n) is 1.84. The molecule has 0 amide bonds. The van der Waals surface area contributed by atoms with Crippen LogP contribution in [-0.2, 0) is 13.5 Å². The summed E-state index contributed by atoms with van der Waals surface area (Å²) in [6.45, 7) is 0.248. The van der Waals surface area contributed by atoms with Crippen molar-refractivity contribution in [3.8, 4) is 5.75 Å². The van der Waals surface area contributed by atoms with Crippen molar-refractivity contribution in [1.29, 1.82) is 0 Å². The molecule has 1 aromatic heterocycles. The molecule has 0 saturated carbocycles. The van der Waals surface area contributed by atoms with Gasteiger partial charge < -0.3 is 9.84 Å². The van der Waals surface area contributed by atoms with E-state index in [9.17, 15) is 14.9 Å². The monoisotopic (exact) mass is 291 g/mol. The van der Waals surface area contributed by atoms with Gasteiger partial charge in [0, 0.05) is 37.5 Å². The lowest BCUT2D eigenvalue weighted by atomic mass is 10.2. The summed E-state index contributed by atoms with van der Waals surface area (Å²) in [4.78, 5) is 21.1. The van der Waals surface area contributed by atoms with Crippen molar-refractivity contribution in [2.24, 2.45) is 7.05 Å². The van der Waals surface area contributed by atoms with Crippen molar-refractivity contribution < 1.29 is 19.6 Å². The first-order valence-electron chi connectivity index (χ1n) is 6.10. The van der Waals surface area contributed by atoms with Gasteiger partial charge in [0.15, 0.2) is 0 Å². The Bertz CT molecular complexity index is 680. The highest BCUT2D eigenvalue weighted by atomic mass is 16.6. The second kappa shape index (κ2) is 6.04. The molecular weight excluding hydrogens is 278 g/mol. The van der Waals surface area contributed by atoms with Crippen LogP contribution in [0, 0.1) is 10.1 Å². The number of aromatic nitrogens is 2. The summed E-state index contributed by atoms with van der Waals surface area (Å²) >= 11 is 0. The number of carboxylic acids is 1. The van der Waals surface area contributed by atoms with Crippen LogP contribution in [0.3, 0.4) is 0 Å². The van der Waals surface area contributed by atoms with Gasteiger partial charge in [-0.15, -0.1) is 0 Å². The highest BCUT2D eigenvalue weighted by Crippen LogP contribution is 2.24. The minimum Gasteiger partial charge on any atom is -0.492 e. The van der Waals surface area contributed by atoms with Gasteiger partial charge in [0.1, 0.15) is 11.3 Å². The first kappa shape index (κ1) is 14.5. The smallest absolute Gasteiger partial charge is 0.339 e. The quantitative estimate of drug-likeness (QED) is 0.640. The Kier molecular flexibility index (Phi) is 4.17. The van der Waals surface area contributed by atoms with Crippen LogP contribution in [0.25, 0.3) is 0 Å². The zero-order chi connectivity index (χ0) is 15.4. The molecule has 0 fully saturated rings. The highest BCUT2D eigenvalue weighted by molar-refractivity contribution is 5.91. The lowest BCUT2D eigenvalue weighted by Crippen LogP contribution is -2.09. The van der Waals surface area contributed by atoms with Gasteiger partial charge in [-0.3, -0.25) is 14.8 Å². The van der Waals surface area contributed by atoms with E-state index in [1.54, 1.807) is 17.9 Å². The Morgan fingerprint density at radius 3 is 2.81 bits per heavy atom. The molecule has 8 nitrogen and oxygen atoms in total. The summed E-state index contributed by atoms with van der Waals surface area (Å²) < 4.78 is 7.11. The van der Waals surface area contributed by atoms with Crippen LogP contribution in [0.5, 0.6) is 5.75 Å². The summed E-state index contributed by atoms with van der Waals surface area (Å²) in [5, 5.41) is 23.7. The van der Waals surface area contributed by atoms with E-state index >= 15 is 0 Å². The Hall–Kier alpha value is -2.90. The number of aromatic carboxylic acids is 1. The number of carboxylic acid groups (broad SMARTS) is 1. The number of carbonyl (C=O) groups is 1. The molecule has 0 aliphatic carbocycles. The van der Waals surface area contributed by atoms with E-state index in [0.717, 1.165) is 11.8 Å². The standard InChI is InChI=1S/C13H13N3O5/c1-15-9(4-6-14-15)5-7-21-12-3-2-10(16(19)20)8-11(12)13(17)18/h2-4,6,8H,5,7H2,1H3,(H,17,18). The number of ether oxygens (including phenoxy) is 1. The molecule has 110 valence electrons. The van der Waals surface area contributed by atoms with Gasteiger partial charge in [0.2, 0.25) is 0 Å². The Morgan fingerprint density at radius 2 is 2.24 bits per heavy atom. The van der Waals surface area contributed by atoms with Crippen molar-refractivity contribution in [2.45, 2.75) is 6.42 Å². The minimum absolute atomic E-state index is 0.107. The molecule has 1 N–H and O–H groups in total. The van der Waals surface area contributed by atoms with Crippen molar-refractivity contribution >= 4 is 11.7 Å². The van der Waals surface area contributed by atoms with Crippen LogP contribution in [0.2, 0.25) is 0 Å². The highest BCUT2D eigenvalue weighted by Gasteiger charge is 2.17. The topological polar surface area (TPSA) is 107 Å². The maximum atomic E-state index is 11.1. The van der Waals surface area contributed by atoms with Gasteiger partial charge in [0.25, 0.3) is 5.69 Å². The molecule has 0 radical (unpaired) electrons. The first-order valence-corrected chi connectivity index (χ1v) is 6.10. The summed E-state index contributed by atoms with van der Waals surface area (Å²) in [5.41, 5.74) is 0.425. The number of hydrogen-bond donors (Lipinski definition) is 1. The minimum atomic E-state index is -1.27. The second-order valence-electron chi connectivity index (χ2n) is 4.29. The first-order chi connectivity index (χ1) is 9.99. The van der Waals surface area contributed by atoms with Gasteiger partial charge >= 0.3 is 5.97 Å². The molecule has 0 spiro atoms. The zero-order valence-electron chi connectivity index (χ0n) is 11.2. The SMILES string of the molecule is Cn1nccc1CCOc1ccc([N+](=O)[O-])cc1C(=O)O. The van der Waals surface area contributed by atoms with E-state index in [1.165, 1.54) is 12.1 Å². The number of nitrogens with zero attached hydrogens (tertiary/aromatic N) is 3. The van der Waals surface area contributed by atoms with Gasteiger partial charge in [-0.2, -0.15) is 5.10 Å². The third-order valence-electron chi connectivity index (χ3n) is 2.94. The number of hydrogen-bond acceptors (Lipinski definition) is 5. The van der Waals surface area contributed by atoms with Crippen molar-refractivity contribution in [3.63, 3.8) is 0 Å². The molecule has 0 aliphatic rings. The zero-order valence-corrected chi connectivity index (χ0v) is 11.2. The average Bonchev–Trinajstić information content (AvgIpc) is 2.84. The molecule has 0 atom stereocenters. The molecular formula is C13H13N3O5. The summed E-state index contributed by atoms with van der Waals surface area (Å²) in [6, 6.07) is 5.33.